The van der Waals surface area contributed by atoms with E-state index >= 15 is 0 Å². The van der Waals surface area contributed by atoms with Crippen LogP contribution in [0, 0.1) is 12.3 Å². The zero-order valence-electron chi connectivity index (χ0n) is 14.3. The number of likely N-dealkylation sites (tertiary alicyclic amines) is 1. The summed E-state index contributed by atoms with van der Waals surface area (Å²) in [4.78, 5) is 14.6. The maximum atomic E-state index is 12.9. The Labute approximate surface area is 141 Å². The van der Waals surface area contributed by atoms with Crippen LogP contribution < -0.4 is 0 Å². The number of piperidine rings is 1. The second kappa shape index (κ2) is 6.57. The number of aliphatic hydroxyl groups is 2. The smallest absolute Gasteiger partial charge is 0.257 e. The molecule has 1 fully saturated rings. The van der Waals surface area contributed by atoms with E-state index in [1.54, 1.807) is 11.0 Å². The number of benzene rings is 1. The third-order valence-electron chi connectivity index (χ3n) is 5.23. The summed E-state index contributed by atoms with van der Waals surface area (Å²) >= 11 is 0. The molecule has 0 aliphatic carbocycles. The van der Waals surface area contributed by atoms with Crippen molar-refractivity contribution in [2.45, 2.75) is 39.2 Å². The number of fused-ring (bicyclic) bond motifs is 1. The first kappa shape index (κ1) is 17.0. The van der Waals surface area contributed by atoms with Crippen molar-refractivity contribution in [3.63, 3.8) is 0 Å². The van der Waals surface area contributed by atoms with Crippen molar-refractivity contribution in [3.8, 4) is 0 Å². The Kier molecular flexibility index (Phi) is 4.65. The van der Waals surface area contributed by atoms with Crippen LogP contribution in [0.15, 0.2) is 28.7 Å². The summed E-state index contributed by atoms with van der Waals surface area (Å²) in [6.07, 6.45) is 1.56. The zero-order chi connectivity index (χ0) is 17.3. The lowest BCUT2D eigenvalue weighted by molar-refractivity contribution is -0.0713. The molecule has 130 valence electrons. The van der Waals surface area contributed by atoms with Gasteiger partial charge in [0.15, 0.2) is 0 Å². The quantitative estimate of drug-likeness (QED) is 0.903. The average molecular weight is 331 g/mol. The van der Waals surface area contributed by atoms with Crippen molar-refractivity contribution >= 4 is 16.9 Å². The Morgan fingerprint density at radius 1 is 1.46 bits per heavy atom. The van der Waals surface area contributed by atoms with E-state index in [0.717, 1.165) is 24.0 Å². The summed E-state index contributed by atoms with van der Waals surface area (Å²) in [5, 5.41) is 21.2. The maximum absolute atomic E-state index is 12.9. The van der Waals surface area contributed by atoms with Gasteiger partial charge in [-0.05, 0) is 31.9 Å². The Bertz CT molecular complexity index is 738. The van der Waals surface area contributed by atoms with Gasteiger partial charge in [0.05, 0.1) is 18.3 Å². The second-order valence-electron chi connectivity index (χ2n) is 6.87. The molecule has 1 aromatic heterocycles. The summed E-state index contributed by atoms with van der Waals surface area (Å²) in [6.45, 7) is 4.64. The van der Waals surface area contributed by atoms with Crippen molar-refractivity contribution in [3.05, 3.63) is 35.6 Å². The lowest BCUT2D eigenvalue weighted by Crippen LogP contribution is -2.54. The van der Waals surface area contributed by atoms with Gasteiger partial charge in [0.2, 0.25) is 0 Å². The monoisotopic (exact) mass is 331 g/mol. The van der Waals surface area contributed by atoms with Gasteiger partial charge in [0.1, 0.15) is 11.3 Å². The van der Waals surface area contributed by atoms with Gasteiger partial charge in [-0.15, -0.1) is 0 Å². The van der Waals surface area contributed by atoms with E-state index in [-0.39, 0.29) is 19.1 Å². The molecule has 3 rings (SSSR count). The molecule has 0 bridgehead atoms. The molecule has 2 atom stereocenters. The number of carbonyl (C=O) groups is 1. The van der Waals surface area contributed by atoms with Crippen LogP contribution in [0.1, 0.15) is 42.3 Å². The molecule has 0 unspecified atom stereocenters. The predicted molar refractivity (Wildman–Crippen MR) is 91.9 cm³/mol. The second-order valence-corrected chi connectivity index (χ2v) is 6.87. The molecule has 2 N–H and O–H groups in total. The van der Waals surface area contributed by atoms with E-state index in [0.29, 0.717) is 24.1 Å². The van der Waals surface area contributed by atoms with Gasteiger partial charge in [-0.3, -0.25) is 4.79 Å². The highest BCUT2D eigenvalue weighted by Gasteiger charge is 2.42. The van der Waals surface area contributed by atoms with Gasteiger partial charge in [-0.2, -0.15) is 0 Å². The van der Waals surface area contributed by atoms with Crippen LogP contribution >= 0.6 is 0 Å². The van der Waals surface area contributed by atoms with Crippen LogP contribution in [-0.2, 0) is 0 Å². The molecule has 2 heterocycles. The fourth-order valence-corrected chi connectivity index (χ4v) is 3.79. The van der Waals surface area contributed by atoms with Crippen molar-refractivity contribution in [2.75, 3.05) is 19.7 Å². The number of hydrogen-bond donors (Lipinski definition) is 2. The number of furan rings is 1. The number of β-amino-alcohol motifs (C(OH)–C–C–N with tert-alkyl or cyclic N) is 1. The molecule has 1 aliphatic rings. The van der Waals surface area contributed by atoms with Gasteiger partial charge in [-0.1, -0.05) is 25.5 Å². The largest absolute Gasteiger partial charge is 0.461 e. The topological polar surface area (TPSA) is 73.9 Å². The number of amides is 1. The summed E-state index contributed by atoms with van der Waals surface area (Å²) in [5.41, 5.74) is 0.639. The molecule has 1 aliphatic heterocycles. The number of aryl methyl sites for hydroxylation is 1. The van der Waals surface area contributed by atoms with Crippen LogP contribution in [0.25, 0.3) is 11.0 Å². The molecule has 0 saturated carbocycles. The van der Waals surface area contributed by atoms with Crippen LogP contribution in [-0.4, -0.2) is 46.8 Å². The lowest BCUT2D eigenvalue weighted by Gasteiger charge is -2.44. The van der Waals surface area contributed by atoms with Gasteiger partial charge in [-0.25, -0.2) is 0 Å². The molecule has 2 aromatic rings. The number of aliphatic hydroxyl groups excluding tert-OH is 2. The van der Waals surface area contributed by atoms with Crippen molar-refractivity contribution in [2.24, 2.45) is 5.41 Å². The standard InChI is InChI=1S/C19H25NO4/c1-3-7-19(12-21)8-9-20(11-16(19)22)18(23)15-6-4-5-14-10-13(2)24-17(14)15/h4-6,10,16,21-22H,3,7-9,11-12H2,1-2H3/t16-,19-/m1/s1. The number of nitrogens with zero attached hydrogens (tertiary/aromatic N) is 1. The van der Waals surface area contributed by atoms with Crippen LogP contribution in [0.2, 0.25) is 0 Å². The minimum atomic E-state index is -0.710. The number of rotatable bonds is 4. The highest BCUT2D eigenvalue weighted by Crippen LogP contribution is 2.36. The van der Waals surface area contributed by atoms with Crippen LogP contribution in [0.3, 0.4) is 0 Å². The molecule has 0 spiro atoms. The molecule has 0 radical (unpaired) electrons. The van der Waals surface area contributed by atoms with Crippen molar-refractivity contribution in [1.29, 1.82) is 0 Å². The fourth-order valence-electron chi connectivity index (χ4n) is 3.79. The number of carbonyl (C=O) groups excluding carboxylic acids is 1. The van der Waals surface area contributed by atoms with E-state index in [4.69, 9.17) is 4.42 Å². The first-order valence-corrected chi connectivity index (χ1v) is 8.58. The molecular weight excluding hydrogens is 306 g/mol. The Morgan fingerprint density at radius 3 is 2.92 bits per heavy atom. The predicted octanol–water partition coefficient (Wildman–Crippen LogP) is 2.73. The van der Waals surface area contributed by atoms with E-state index in [1.165, 1.54) is 0 Å². The van der Waals surface area contributed by atoms with E-state index < -0.39 is 11.5 Å². The minimum Gasteiger partial charge on any atom is -0.461 e. The third-order valence-corrected chi connectivity index (χ3v) is 5.23. The van der Waals surface area contributed by atoms with Gasteiger partial charge in [0, 0.05) is 23.9 Å². The highest BCUT2D eigenvalue weighted by atomic mass is 16.3. The third kappa shape index (κ3) is 2.82. The molecule has 5 heteroatoms. The maximum Gasteiger partial charge on any atom is 0.257 e. The van der Waals surface area contributed by atoms with Crippen LogP contribution in [0.5, 0.6) is 0 Å². The normalized spacial score (nSPS) is 24.5. The van der Waals surface area contributed by atoms with Gasteiger partial charge >= 0.3 is 0 Å². The fraction of sp³-hybridized carbons (Fsp3) is 0.526. The number of para-hydroxylation sites is 1. The van der Waals surface area contributed by atoms with E-state index in [2.05, 4.69) is 0 Å². The lowest BCUT2D eigenvalue weighted by atomic mass is 9.73. The average Bonchev–Trinajstić information content (AvgIpc) is 2.96. The van der Waals surface area contributed by atoms with Crippen molar-refractivity contribution in [1.82, 2.24) is 4.90 Å². The van der Waals surface area contributed by atoms with E-state index in [1.807, 2.05) is 32.0 Å². The minimum absolute atomic E-state index is 0.0446. The molecule has 1 saturated heterocycles. The molecule has 1 aromatic carbocycles. The van der Waals surface area contributed by atoms with Crippen LogP contribution in [0.4, 0.5) is 0 Å². The van der Waals surface area contributed by atoms with Gasteiger partial charge < -0.3 is 19.5 Å². The highest BCUT2D eigenvalue weighted by molar-refractivity contribution is 6.05. The zero-order valence-corrected chi connectivity index (χ0v) is 14.3. The molecule has 24 heavy (non-hydrogen) atoms. The Morgan fingerprint density at radius 2 is 2.25 bits per heavy atom. The summed E-state index contributed by atoms with van der Waals surface area (Å²) in [5.74, 6) is 0.642. The van der Waals surface area contributed by atoms with Gasteiger partial charge in [0.25, 0.3) is 5.91 Å². The summed E-state index contributed by atoms with van der Waals surface area (Å²) in [6, 6.07) is 7.45. The number of hydrogen-bond acceptors (Lipinski definition) is 4. The van der Waals surface area contributed by atoms with Crippen molar-refractivity contribution < 1.29 is 19.4 Å². The Balaban J connectivity index is 1.84. The molecular formula is C19H25NO4. The SMILES string of the molecule is CCC[C@]1(CO)CCN(C(=O)c2cccc3cc(C)oc23)C[C@H]1O. The summed E-state index contributed by atoms with van der Waals surface area (Å²) in [7, 11) is 0. The molecule has 5 nitrogen and oxygen atoms in total. The molecule has 1 amide bonds. The van der Waals surface area contributed by atoms with E-state index in [9.17, 15) is 15.0 Å². The Hall–Kier alpha value is -1.85. The first-order valence-electron chi connectivity index (χ1n) is 8.58. The first-order chi connectivity index (χ1) is 11.5. The summed E-state index contributed by atoms with van der Waals surface area (Å²) < 4.78 is 5.69.